The largest absolute Gasteiger partial charge is 0.481 e. The van der Waals surface area contributed by atoms with Crippen LogP contribution in [0.3, 0.4) is 0 Å². The maximum absolute atomic E-state index is 8.88. The molecule has 0 fully saturated rings. The molecule has 0 saturated heterocycles. The molecule has 0 unspecified atom stereocenters. The molecule has 0 aliphatic rings. The van der Waals surface area contributed by atoms with E-state index in [1.807, 2.05) is 0 Å². The third kappa shape index (κ3) is 0.644. The standard InChI is InChI=1S/C6H7N3O2/c7-5-2-4-3(9(5)8)1-6(10)11-4/h1-2,10H,7-8H2. The normalized spacial score (nSPS) is 10.9. The van der Waals surface area contributed by atoms with Gasteiger partial charge >= 0.3 is 0 Å². The predicted octanol–water partition coefficient (Wildman–Crippen LogP) is 0.236. The molecule has 0 aromatic carbocycles. The minimum Gasteiger partial charge on any atom is -0.481 e. The van der Waals surface area contributed by atoms with E-state index in [9.17, 15) is 0 Å². The first-order valence-electron chi connectivity index (χ1n) is 3.03. The lowest BCUT2D eigenvalue weighted by Gasteiger charge is -1.93. The minimum absolute atomic E-state index is 0.158. The van der Waals surface area contributed by atoms with Gasteiger partial charge in [0.2, 0.25) is 0 Å². The topological polar surface area (TPSA) is 90.3 Å². The Balaban J connectivity index is 2.88. The first-order valence-corrected chi connectivity index (χ1v) is 3.03. The number of fused-ring (bicyclic) bond motifs is 1. The Morgan fingerprint density at radius 1 is 1.45 bits per heavy atom. The van der Waals surface area contributed by atoms with E-state index in [0.29, 0.717) is 16.9 Å². The summed E-state index contributed by atoms with van der Waals surface area (Å²) in [5.41, 5.74) is 6.52. The molecule has 2 rings (SSSR count). The quantitative estimate of drug-likeness (QED) is 0.473. The van der Waals surface area contributed by atoms with Crippen LogP contribution in [-0.4, -0.2) is 9.78 Å². The number of nitrogens with two attached hydrogens (primary N) is 2. The first kappa shape index (κ1) is 5.96. The van der Waals surface area contributed by atoms with Crippen molar-refractivity contribution in [1.29, 1.82) is 0 Å². The van der Waals surface area contributed by atoms with Gasteiger partial charge in [0.25, 0.3) is 5.95 Å². The lowest BCUT2D eigenvalue weighted by atomic mass is 10.5. The molecule has 2 aromatic rings. The summed E-state index contributed by atoms with van der Waals surface area (Å²) in [5, 5.41) is 8.88. The van der Waals surface area contributed by atoms with Crippen LogP contribution < -0.4 is 11.6 Å². The van der Waals surface area contributed by atoms with Crippen LogP contribution in [0.15, 0.2) is 16.5 Å². The van der Waals surface area contributed by atoms with Crippen LogP contribution in [0.1, 0.15) is 0 Å². The third-order valence-electron chi connectivity index (χ3n) is 1.54. The number of hydrogen-bond donors (Lipinski definition) is 3. The van der Waals surface area contributed by atoms with Gasteiger partial charge in [-0.05, 0) is 0 Å². The summed E-state index contributed by atoms with van der Waals surface area (Å²) in [4.78, 5) is 0. The van der Waals surface area contributed by atoms with E-state index < -0.39 is 0 Å². The molecule has 0 atom stereocenters. The van der Waals surface area contributed by atoms with Crippen LogP contribution in [0.2, 0.25) is 0 Å². The Kier molecular flexibility index (Phi) is 0.883. The van der Waals surface area contributed by atoms with E-state index in [1.54, 1.807) is 6.07 Å². The molecule has 2 heterocycles. The maximum Gasteiger partial charge on any atom is 0.284 e. The minimum atomic E-state index is -0.158. The molecule has 0 radical (unpaired) electrons. The van der Waals surface area contributed by atoms with Gasteiger partial charge in [-0.2, -0.15) is 0 Å². The highest BCUT2D eigenvalue weighted by atomic mass is 16.5. The van der Waals surface area contributed by atoms with E-state index in [4.69, 9.17) is 21.1 Å². The third-order valence-corrected chi connectivity index (χ3v) is 1.54. The molecule has 2 aromatic heterocycles. The van der Waals surface area contributed by atoms with Crippen molar-refractivity contribution in [3.05, 3.63) is 12.1 Å². The van der Waals surface area contributed by atoms with Crippen LogP contribution in [0, 0.1) is 0 Å². The van der Waals surface area contributed by atoms with Crippen LogP contribution in [0.25, 0.3) is 11.1 Å². The summed E-state index contributed by atoms with van der Waals surface area (Å²) in [6.45, 7) is 0. The predicted molar refractivity (Wildman–Crippen MR) is 40.4 cm³/mol. The highest BCUT2D eigenvalue weighted by molar-refractivity contribution is 5.80. The monoisotopic (exact) mass is 153 g/mol. The number of nitrogen functional groups attached to an aromatic ring is 2. The van der Waals surface area contributed by atoms with Crippen LogP contribution in [-0.2, 0) is 0 Å². The van der Waals surface area contributed by atoms with Crippen LogP contribution in [0.4, 0.5) is 5.82 Å². The molecule has 11 heavy (non-hydrogen) atoms. The lowest BCUT2D eigenvalue weighted by molar-refractivity contribution is 0.346. The molecule has 0 aliphatic heterocycles. The average molecular weight is 153 g/mol. The van der Waals surface area contributed by atoms with Gasteiger partial charge in [0.05, 0.1) is 0 Å². The Bertz CT molecular complexity index is 401. The number of aromatic hydroxyl groups is 1. The summed E-state index contributed by atoms with van der Waals surface area (Å²) >= 11 is 0. The van der Waals surface area contributed by atoms with Crippen molar-refractivity contribution in [2.24, 2.45) is 0 Å². The highest BCUT2D eigenvalue weighted by Crippen LogP contribution is 2.26. The van der Waals surface area contributed by atoms with E-state index in [1.165, 1.54) is 10.7 Å². The van der Waals surface area contributed by atoms with E-state index in [2.05, 4.69) is 0 Å². The number of nitrogens with zero attached hydrogens (tertiary/aromatic N) is 1. The van der Waals surface area contributed by atoms with Gasteiger partial charge < -0.3 is 21.1 Å². The molecule has 0 saturated carbocycles. The van der Waals surface area contributed by atoms with Gasteiger partial charge in [0.15, 0.2) is 5.58 Å². The molecule has 58 valence electrons. The zero-order valence-corrected chi connectivity index (χ0v) is 5.61. The summed E-state index contributed by atoms with van der Waals surface area (Å²) in [5.74, 6) is 5.72. The second-order valence-corrected chi connectivity index (χ2v) is 2.27. The number of anilines is 1. The molecule has 0 spiro atoms. The van der Waals surface area contributed by atoms with E-state index >= 15 is 0 Å². The molecule has 5 nitrogen and oxygen atoms in total. The Morgan fingerprint density at radius 3 is 2.82 bits per heavy atom. The zero-order valence-electron chi connectivity index (χ0n) is 5.61. The molecule has 0 amide bonds. The van der Waals surface area contributed by atoms with Crippen molar-refractivity contribution in [3.63, 3.8) is 0 Å². The first-order chi connectivity index (χ1) is 5.18. The maximum atomic E-state index is 8.88. The average Bonchev–Trinajstić information content (AvgIpc) is 2.37. The fourth-order valence-electron chi connectivity index (χ4n) is 1.02. The highest BCUT2D eigenvalue weighted by Gasteiger charge is 2.08. The number of furan rings is 1. The molecule has 5 heteroatoms. The molecular weight excluding hydrogens is 146 g/mol. The lowest BCUT2D eigenvalue weighted by Crippen LogP contribution is -2.10. The summed E-state index contributed by atoms with van der Waals surface area (Å²) in [6.07, 6.45) is 0. The van der Waals surface area contributed by atoms with Gasteiger partial charge in [-0.25, -0.2) is 4.68 Å². The molecule has 5 N–H and O–H groups in total. The van der Waals surface area contributed by atoms with Crippen molar-refractivity contribution < 1.29 is 9.52 Å². The van der Waals surface area contributed by atoms with E-state index in [0.717, 1.165) is 0 Å². The van der Waals surface area contributed by atoms with Crippen molar-refractivity contribution in [1.82, 2.24) is 4.68 Å². The summed E-state index contributed by atoms with van der Waals surface area (Å²) in [6, 6.07) is 2.96. The van der Waals surface area contributed by atoms with Crippen LogP contribution in [0.5, 0.6) is 5.95 Å². The van der Waals surface area contributed by atoms with Crippen molar-refractivity contribution in [2.45, 2.75) is 0 Å². The second-order valence-electron chi connectivity index (χ2n) is 2.27. The number of hydrogen-bond acceptors (Lipinski definition) is 4. The Labute approximate surface area is 61.8 Å². The fourth-order valence-corrected chi connectivity index (χ4v) is 1.02. The molecule has 0 bridgehead atoms. The van der Waals surface area contributed by atoms with Gasteiger partial charge in [0.1, 0.15) is 11.3 Å². The van der Waals surface area contributed by atoms with Gasteiger partial charge in [-0.15, -0.1) is 0 Å². The Morgan fingerprint density at radius 2 is 2.18 bits per heavy atom. The number of rotatable bonds is 0. The van der Waals surface area contributed by atoms with Crippen LogP contribution >= 0.6 is 0 Å². The van der Waals surface area contributed by atoms with E-state index in [-0.39, 0.29) is 5.95 Å². The Hall–Kier alpha value is -1.78. The zero-order chi connectivity index (χ0) is 8.01. The van der Waals surface area contributed by atoms with Gasteiger partial charge in [0, 0.05) is 12.1 Å². The fraction of sp³-hybridized carbons (Fsp3) is 0. The summed E-state index contributed by atoms with van der Waals surface area (Å²) < 4.78 is 6.09. The SMILES string of the molecule is Nc1cc2oc(O)cc2n1N. The molecule has 0 aliphatic carbocycles. The summed E-state index contributed by atoms with van der Waals surface area (Å²) in [7, 11) is 0. The van der Waals surface area contributed by atoms with Crippen molar-refractivity contribution >= 4 is 16.9 Å². The van der Waals surface area contributed by atoms with Crippen molar-refractivity contribution in [3.8, 4) is 5.95 Å². The number of aromatic nitrogens is 1. The smallest absolute Gasteiger partial charge is 0.284 e. The molecular formula is C6H7N3O2. The van der Waals surface area contributed by atoms with Crippen molar-refractivity contribution in [2.75, 3.05) is 11.6 Å². The van der Waals surface area contributed by atoms with Gasteiger partial charge in [-0.1, -0.05) is 0 Å². The second kappa shape index (κ2) is 1.63. The van der Waals surface area contributed by atoms with Gasteiger partial charge in [-0.3, -0.25) is 0 Å².